The zero-order valence-corrected chi connectivity index (χ0v) is 6.69. The van der Waals surface area contributed by atoms with Crippen molar-refractivity contribution in [1.29, 1.82) is 0 Å². The number of carboxylic acids is 1. The van der Waals surface area contributed by atoms with E-state index in [0.29, 0.717) is 0 Å². The van der Waals surface area contributed by atoms with Crippen LogP contribution in [0.15, 0.2) is 18.3 Å². The Morgan fingerprint density at radius 1 is 1.75 bits per heavy atom. The molecule has 0 unspecified atom stereocenters. The molecule has 64 valence electrons. The van der Waals surface area contributed by atoms with Gasteiger partial charge >= 0.3 is 5.97 Å². The van der Waals surface area contributed by atoms with Crippen molar-refractivity contribution in [2.75, 3.05) is 0 Å². The van der Waals surface area contributed by atoms with Crippen molar-refractivity contribution in [3.63, 3.8) is 0 Å². The van der Waals surface area contributed by atoms with Gasteiger partial charge in [-0.2, -0.15) is 0 Å². The van der Waals surface area contributed by atoms with Gasteiger partial charge in [0.1, 0.15) is 5.69 Å². The lowest BCUT2D eigenvalue weighted by Crippen LogP contribution is -2.07. The first-order chi connectivity index (χ1) is 5.61. The Hall–Kier alpha value is -1.42. The maximum absolute atomic E-state index is 10.5. The molecule has 1 aromatic heterocycles. The minimum absolute atomic E-state index is 0.0322. The monoisotopic (exact) mass is 166 g/mol. The Morgan fingerprint density at radius 2 is 2.42 bits per heavy atom. The number of rotatable bonds is 2. The molecule has 0 spiro atoms. The van der Waals surface area contributed by atoms with Crippen molar-refractivity contribution in [3.8, 4) is 0 Å². The number of hydrogen-bond donors (Lipinski definition) is 2. The summed E-state index contributed by atoms with van der Waals surface area (Å²) in [5.74, 6) is -1.03. The van der Waals surface area contributed by atoms with Crippen LogP contribution in [0.4, 0.5) is 0 Å². The van der Waals surface area contributed by atoms with Gasteiger partial charge in [0.25, 0.3) is 0 Å². The predicted octanol–water partition coefficient (Wildman–Crippen LogP) is 0.800. The van der Waals surface area contributed by atoms with Crippen molar-refractivity contribution < 1.29 is 9.90 Å². The molecule has 0 fully saturated rings. The minimum atomic E-state index is -1.03. The Balaban J connectivity index is 3.04. The SMILES string of the molecule is C[C@@H](N)c1ccnc(C(=O)O)c1. The van der Waals surface area contributed by atoms with E-state index in [1.165, 1.54) is 12.3 Å². The molecule has 0 amide bonds. The van der Waals surface area contributed by atoms with E-state index in [1.807, 2.05) is 0 Å². The van der Waals surface area contributed by atoms with E-state index in [4.69, 9.17) is 10.8 Å². The highest BCUT2D eigenvalue weighted by molar-refractivity contribution is 5.85. The maximum atomic E-state index is 10.5. The van der Waals surface area contributed by atoms with Crippen molar-refractivity contribution in [2.45, 2.75) is 13.0 Å². The smallest absolute Gasteiger partial charge is 0.354 e. The number of nitrogens with zero attached hydrogens (tertiary/aromatic N) is 1. The average molecular weight is 166 g/mol. The molecule has 1 aromatic rings. The lowest BCUT2D eigenvalue weighted by Gasteiger charge is -2.04. The van der Waals surface area contributed by atoms with E-state index in [-0.39, 0.29) is 11.7 Å². The van der Waals surface area contributed by atoms with Gasteiger partial charge in [0, 0.05) is 12.2 Å². The number of aromatic carboxylic acids is 1. The summed E-state index contributed by atoms with van der Waals surface area (Å²) >= 11 is 0. The van der Waals surface area contributed by atoms with Gasteiger partial charge in [-0.1, -0.05) is 0 Å². The first-order valence-electron chi connectivity index (χ1n) is 3.56. The maximum Gasteiger partial charge on any atom is 0.354 e. The van der Waals surface area contributed by atoms with Crippen LogP contribution in [0, 0.1) is 0 Å². The highest BCUT2D eigenvalue weighted by atomic mass is 16.4. The quantitative estimate of drug-likeness (QED) is 0.681. The van der Waals surface area contributed by atoms with Crippen LogP contribution in [0.25, 0.3) is 0 Å². The Labute approximate surface area is 70.0 Å². The molecule has 1 rings (SSSR count). The van der Waals surface area contributed by atoms with Gasteiger partial charge < -0.3 is 10.8 Å². The van der Waals surface area contributed by atoms with Crippen molar-refractivity contribution >= 4 is 5.97 Å². The van der Waals surface area contributed by atoms with Crippen LogP contribution in [0.3, 0.4) is 0 Å². The normalized spacial score (nSPS) is 12.5. The van der Waals surface area contributed by atoms with Gasteiger partial charge in [-0.15, -0.1) is 0 Å². The fraction of sp³-hybridized carbons (Fsp3) is 0.250. The summed E-state index contributed by atoms with van der Waals surface area (Å²) in [6.07, 6.45) is 1.45. The molecular formula is C8H10N2O2. The summed E-state index contributed by atoms with van der Waals surface area (Å²) in [5.41, 5.74) is 6.37. The summed E-state index contributed by atoms with van der Waals surface area (Å²) in [7, 11) is 0. The third-order valence-electron chi connectivity index (χ3n) is 1.53. The summed E-state index contributed by atoms with van der Waals surface area (Å²) in [5, 5.41) is 8.59. The second-order valence-electron chi connectivity index (χ2n) is 2.57. The molecule has 0 radical (unpaired) electrons. The zero-order valence-electron chi connectivity index (χ0n) is 6.69. The molecule has 0 saturated carbocycles. The van der Waals surface area contributed by atoms with Gasteiger partial charge in [0.2, 0.25) is 0 Å². The van der Waals surface area contributed by atoms with Crippen molar-refractivity contribution in [3.05, 3.63) is 29.6 Å². The number of nitrogens with two attached hydrogens (primary N) is 1. The Bertz CT molecular complexity index is 297. The number of carboxylic acid groups (broad SMARTS) is 1. The molecule has 3 N–H and O–H groups in total. The predicted molar refractivity (Wildman–Crippen MR) is 43.8 cm³/mol. The third kappa shape index (κ3) is 1.79. The van der Waals surface area contributed by atoms with E-state index >= 15 is 0 Å². The molecular weight excluding hydrogens is 156 g/mol. The van der Waals surface area contributed by atoms with E-state index in [0.717, 1.165) is 5.56 Å². The van der Waals surface area contributed by atoms with E-state index in [9.17, 15) is 4.79 Å². The second kappa shape index (κ2) is 3.32. The molecule has 1 heterocycles. The number of aromatic nitrogens is 1. The standard InChI is InChI=1S/C8H10N2O2/c1-5(9)6-2-3-10-7(4-6)8(11)12/h2-5H,9H2,1H3,(H,11,12)/t5-/m1/s1. The van der Waals surface area contributed by atoms with Crippen LogP contribution in [0.1, 0.15) is 29.0 Å². The molecule has 4 nitrogen and oxygen atoms in total. The Morgan fingerprint density at radius 3 is 2.92 bits per heavy atom. The van der Waals surface area contributed by atoms with Crippen LogP contribution >= 0.6 is 0 Å². The van der Waals surface area contributed by atoms with Gasteiger partial charge in [-0.25, -0.2) is 9.78 Å². The molecule has 0 aliphatic heterocycles. The first kappa shape index (κ1) is 8.67. The summed E-state index contributed by atoms with van der Waals surface area (Å²) in [6.45, 7) is 1.79. The third-order valence-corrected chi connectivity index (χ3v) is 1.53. The van der Waals surface area contributed by atoms with Crippen LogP contribution in [0.5, 0.6) is 0 Å². The highest BCUT2D eigenvalue weighted by Crippen LogP contribution is 2.09. The van der Waals surface area contributed by atoms with Gasteiger partial charge in [0.15, 0.2) is 0 Å². The Kier molecular flexibility index (Phi) is 2.40. The van der Waals surface area contributed by atoms with E-state index in [1.54, 1.807) is 13.0 Å². The fourth-order valence-corrected chi connectivity index (χ4v) is 0.847. The average Bonchev–Trinajstić information content (AvgIpc) is 2.04. The largest absolute Gasteiger partial charge is 0.477 e. The summed E-state index contributed by atoms with van der Waals surface area (Å²) in [6, 6.07) is 3.02. The van der Waals surface area contributed by atoms with E-state index in [2.05, 4.69) is 4.98 Å². The number of carbonyl (C=O) groups is 1. The molecule has 0 aliphatic rings. The molecule has 1 atom stereocenters. The topological polar surface area (TPSA) is 76.2 Å². The van der Waals surface area contributed by atoms with Crippen LogP contribution in [-0.2, 0) is 0 Å². The van der Waals surface area contributed by atoms with E-state index < -0.39 is 5.97 Å². The minimum Gasteiger partial charge on any atom is -0.477 e. The first-order valence-corrected chi connectivity index (χ1v) is 3.56. The number of hydrogen-bond acceptors (Lipinski definition) is 3. The van der Waals surface area contributed by atoms with Crippen LogP contribution in [-0.4, -0.2) is 16.1 Å². The number of pyridine rings is 1. The van der Waals surface area contributed by atoms with Gasteiger partial charge in [-0.05, 0) is 24.6 Å². The van der Waals surface area contributed by atoms with Crippen LogP contribution < -0.4 is 5.73 Å². The lowest BCUT2D eigenvalue weighted by atomic mass is 10.1. The second-order valence-corrected chi connectivity index (χ2v) is 2.57. The fourth-order valence-electron chi connectivity index (χ4n) is 0.847. The molecule has 4 heteroatoms. The van der Waals surface area contributed by atoms with Gasteiger partial charge in [0.05, 0.1) is 0 Å². The van der Waals surface area contributed by atoms with Crippen molar-refractivity contribution in [2.24, 2.45) is 5.73 Å². The molecule has 0 aliphatic carbocycles. The van der Waals surface area contributed by atoms with Gasteiger partial charge in [-0.3, -0.25) is 0 Å². The molecule has 0 saturated heterocycles. The van der Waals surface area contributed by atoms with Crippen LogP contribution in [0.2, 0.25) is 0 Å². The van der Waals surface area contributed by atoms with Crippen molar-refractivity contribution in [1.82, 2.24) is 4.98 Å². The summed E-state index contributed by atoms with van der Waals surface area (Å²) < 4.78 is 0. The highest BCUT2D eigenvalue weighted by Gasteiger charge is 2.06. The molecule has 0 aromatic carbocycles. The molecule has 0 bridgehead atoms. The molecule has 12 heavy (non-hydrogen) atoms. The zero-order chi connectivity index (χ0) is 9.14. The lowest BCUT2D eigenvalue weighted by molar-refractivity contribution is 0.0690. The summed E-state index contributed by atoms with van der Waals surface area (Å²) in [4.78, 5) is 14.1.